The van der Waals surface area contributed by atoms with E-state index >= 15 is 0 Å². The van der Waals surface area contributed by atoms with Crippen LogP contribution in [0.5, 0.6) is 0 Å². The number of nitrogens with zero attached hydrogens (tertiary/aromatic N) is 1. The van der Waals surface area contributed by atoms with Crippen molar-refractivity contribution >= 4 is 68.8 Å². The van der Waals surface area contributed by atoms with Crippen LogP contribution in [-0.4, -0.2) is 52.9 Å². The third-order valence-corrected chi connectivity index (χ3v) is 10.6. The number of sulfonamides is 1. The normalized spacial score (nSPS) is 19.8. The molecule has 2 atom stereocenters. The van der Waals surface area contributed by atoms with E-state index in [9.17, 15) is 13.2 Å². The zero-order valence-electron chi connectivity index (χ0n) is 23.6. The lowest BCUT2D eigenvalue weighted by Crippen LogP contribution is -2.68. The highest BCUT2D eigenvalue weighted by Gasteiger charge is 2.60. The smallest absolute Gasteiger partial charge is 0.321 e. The quantitative estimate of drug-likeness (QED) is 0.248. The van der Waals surface area contributed by atoms with Crippen molar-refractivity contribution in [3.8, 4) is 0 Å². The van der Waals surface area contributed by atoms with Crippen molar-refractivity contribution in [2.45, 2.75) is 37.5 Å². The van der Waals surface area contributed by atoms with Gasteiger partial charge in [0.15, 0.2) is 5.69 Å². The lowest BCUT2D eigenvalue weighted by atomic mass is 9.75. The lowest BCUT2D eigenvalue weighted by molar-refractivity contribution is -0.127. The Morgan fingerprint density at radius 3 is 2.44 bits per heavy atom. The molecule has 13 heteroatoms. The molecule has 3 N–H and O–H groups in total. The second kappa shape index (κ2) is 14.0. The number of piperidine rings is 1. The van der Waals surface area contributed by atoms with Crippen LogP contribution in [0.3, 0.4) is 0 Å². The summed E-state index contributed by atoms with van der Waals surface area (Å²) < 4.78 is 32.6. The highest BCUT2D eigenvalue weighted by Crippen LogP contribution is 2.50. The van der Waals surface area contributed by atoms with Gasteiger partial charge in [0.25, 0.3) is 5.91 Å². The Bertz CT molecular complexity index is 1570. The van der Waals surface area contributed by atoms with E-state index in [2.05, 4.69) is 16.1 Å². The number of carbonyl (C=O) groups is 1. The van der Waals surface area contributed by atoms with Crippen LogP contribution in [0, 0.1) is 0 Å². The molecule has 0 saturated carbocycles. The van der Waals surface area contributed by atoms with Crippen molar-refractivity contribution < 1.29 is 17.9 Å². The molecule has 0 aliphatic carbocycles. The Balaban J connectivity index is 0.00000423. The van der Waals surface area contributed by atoms with E-state index < -0.39 is 26.0 Å². The van der Waals surface area contributed by atoms with Crippen LogP contribution in [0.4, 0.5) is 5.69 Å². The molecule has 2 unspecified atom stereocenters. The summed E-state index contributed by atoms with van der Waals surface area (Å²) in [4.78, 5) is 14.1. The second-order valence-corrected chi connectivity index (χ2v) is 14.3. The summed E-state index contributed by atoms with van der Waals surface area (Å²) in [5, 5.41) is 8.03. The van der Waals surface area contributed by atoms with Gasteiger partial charge in [-0.05, 0) is 61.3 Å². The first kappa shape index (κ1) is 34.0. The van der Waals surface area contributed by atoms with Crippen LogP contribution in [-0.2, 0) is 38.1 Å². The predicted octanol–water partition coefficient (Wildman–Crippen LogP) is 5.38. The lowest BCUT2D eigenvalue weighted by Gasteiger charge is -2.36. The Kier molecular flexibility index (Phi) is 11.1. The summed E-state index contributed by atoms with van der Waals surface area (Å²) in [6.45, 7) is 2.26. The molecular formula is C30H35Cl4N4O4S+. The van der Waals surface area contributed by atoms with Crippen LogP contribution in [0.2, 0.25) is 15.1 Å². The van der Waals surface area contributed by atoms with E-state index in [1.165, 1.54) is 6.26 Å². The third kappa shape index (κ3) is 7.32. The van der Waals surface area contributed by atoms with E-state index in [0.29, 0.717) is 20.8 Å². The molecule has 1 spiro atoms. The molecule has 3 aromatic rings. The van der Waals surface area contributed by atoms with Gasteiger partial charge in [-0.15, -0.1) is 12.4 Å². The average molecular weight is 690 g/mol. The van der Waals surface area contributed by atoms with Crippen molar-refractivity contribution in [2.24, 2.45) is 0 Å². The van der Waals surface area contributed by atoms with Crippen molar-refractivity contribution in [2.75, 3.05) is 32.5 Å². The zero-order valence-corrected chi connectivity index (χ0v) is 27.5. The molecule has 0 radical (unpaired) electrons. The monoisotopic (exact) mass is 687 g/mol. The molecule has 2 aliphatic heterocycles. The van der Waals surface area contributed by atoms with E-state index in [-0.39, 0.29) is 44.1 Å². The fraction of sp³-hybridized carbons (Fsp3) is 0.367. The molecular weight excluding hydrogens is 654 g/mol. The van der Waals surface area contributed by atoms with Gasteiger partial charge in [0.05, 0.1) is 34.9 Å². The van der Waals surface area contributed by atoms with Gasteiger partial charge >= 0.3 is 10.0 Å². The van der Waals surface area contributed by atoms with Crippen molar-refractivity contribution in [3.05, 3.63) is 98.5 Å². The fourth-order valence-electron chi connectivity index (χ4n) is 5.94. The zero-order chi connectivity index (χ0) is 30.0. The molecule has 0 bridgehead atoms. The minimum absolute atomic E-state index is 0. The van der Waals surface area contributed by atoms with Crippen molar-refractivity contribution in [1.82, 2.24) is 20.1 Å². The van der Waals surface area contributed by atoms with Crippen LogP contribution in [0.25, 0.3) is 0 Å². The molecule has 2 aliphatic rings. The van der Waals surface area contributed by atoms with Gasteiger partial charge in [-0.1, -0.05) is 75.2 Å². The molecule has 0 aromatic heterocycles. The van der Waals surface area contributed by atoms with Crippen LogP contribution >= 0.6 is 47.2 Å². The van der Waals surface area contributed by atoms with Crippen LogP contribution in [0.15, 0.2) is 66.7 Å². The maximum absolute atomic E-state index is 14.1. The Labute approximate surface area is 274 Å². The molecule has 1 fully saturated rings. The number of quaternary nitrogens is 1. The van der Waals surface area contributed by atoms with Gasteiger partial charge in [0.2, 0.25) is 0 Å². The number of hydrogen-bond acceptors (Lipinski definition) is 6. The van der Waals surface area contributed by atoms with Gasteiger partial charge in [-0.25, -0.2) is 0 Å². The molecule has 1 amide bonds. The van der Waals surface area contributed by atoms with Gasteiger partial charge in [0.1, 0.15) is 12.6 Å². The molecule has 8 nitrogen and oxygen atoms in total. The number of ether oxygens (including phenoxy) is 1. The number of amides is 1. The van der Waals surface area contributed by atoms with E-state index in [0.717, 1.165) is 42.6 Å². The van der Waals surface area contributed by atoms with Gasteiger partial charge in [0, 0.05) is 23.2 Å². The summed E-state index contributed by atoms with van der Waals surface area (Å²) in [7, 11) is -3.86. The number of carbonyl (C=O) groups excluding carboxylic acids is 1. The predicted molar refractivity (Wildman–Crippen MR) is 175 cm³/mol. The van der Waals surface area contributed by atoms with Gasteiger partial charge in [-0.3, -0.25) is 10.1 Å². The number of fused-ring (bicyclic) bond motifs is 2. The van der Waals surface area contributed by atoms with Crippen molar-refractivity contribution in [3.63, 3.8) is 0 Å². The first-order chi connectivity index (χ1) is 20.0. The highest BCUT2D eigenvalue weighted by molar-refractivity contribution is 7.90. The number of rotatable bonds is 10. The topological polar surface area (TPSA) is 96.5 Å². The maximum atomic E-state index is 14.1. The summed E-state index contributed by atoms with van der Waals surface area (Å²) in [6.07, 6.45) is 2.73. The first-order valence-electron chi connectivity index (χ1n) is 13.7. The summed E-state index contributed by atoms with van der Waals surface area (Å²) >= 11 is 18.4. The Hall–Kier alpha value is -1.92. The molecule has 2 heterocycles. The average Bonchev–Trinajstić information content (AvgIpc) is 3.22. The standard InChI is InChI=1S/C30H33Cl3N4O4S.ClH/c1-42(39,40)37(20-30(11-13-34-14-12-30)24-7-2-3-8-28(24)37)36-29(38)27(19-41-18-22-5-4-6-23(31)15-22)35-17-21-9-10-25(32)26(33)16-21;/h2-10,15-16,27,34-35H,11-14,17-20H2,1H3;1H/p+1. The first-order valence-corrected chi connectivity index (χ1v) is 16.7. The molecule has 5 rings (SSSR count). The highest BCUT2D eigenvalue weighted by atomic mass is 35.5. The van der Waals surface area contributed by atoms with Crippen LogP contribution < -0.4 is 20.1 Å². The van der Waals surface area contributed by atoms with E-state index in [1.807, 2.05) is 36.4 Å². The van der Waals surface area contributed by atoms with E-state index in [4.69, 9.17) is 39.5 Å². The maximum Gasteiger partial charge on any atom is 0.321 e. The molecule has 232 valence electrons. The summed E-state index contributed by atoms with van der Waals surface area (Å²) in [5.41, 5.74) is 5.80. The largest absolute Gasteiger partial charge is 0.375 e. The van der Waals surface area contributed by atoms with Crippen molar-refractivity contribution in [1.29, 1.82) is 0 Å². The minimum atomic E-state index is -3.86. The summed E-state index contributed by atoms with van der Waals surface area (Å²) in [6, 6.07) is 19.2. The number of nitrogens with one attached hydrogen (secondary N) is 3. The molecule has 1 saturated heterocycles. The SMILES string of the molecule is CS(=O)(=O)[N+]1(NC(=O)C(COCc2cccc(Cl)c2)NCc2ccc(Cl)c(Cl)c2)CC2(CCNCC2)c2ccccc21.Cl. The minimum Gasteiger partial charge on any atom is -0.375 e. The molecule has 43 heavy (non-hydrogen) atoms. The Morgan fingerprint density at radius 2 is 1.74 bits per heavy atom. The number of para-hydroxylation sites is 1. The fourth-order valence-corrected chi connectivity index (χ4v) is 7.73. The second-order valence-electron chi connectivity index (χ2n) is 11.0. The number of benzene rings is 3. The Morgan fingerprint density at radius 1 is 1.00 bits per heavy atom. The molecule has 3 aromatic carbocycles. The van der Waals surface area contributed by atoms with Gasteiger partial charge < -0.3 is 10.1 Å². The third-order valence-electron chi connectivity index (χ3n) is 8.10. The number of hydrogen-bond donors (Lipinski definition) is 3. The van der Waals surface area contributed by atoms with E-state index in [1.54, 1.807) is 30.3 Å². The van der Waals surface area contributed by atoms with Crippen LogP contribution in [0.1, 0.15) is 29.5 Å². The van der Waals surface area contributed by atoms with Gasteiger partial charge in [-0.2, -0.15) is 13.8 Å². The number of halogens is 4. The summed E-state index contributed by atoms with van der Waals surface area (Å²) in [5.74, 6) is -0.493.